The van der Waals surface area contributed by atoms with E-state index < -0.39 is 17.5 Å². The first-order chi connectivity index (χ1) is 14.8. The number of halogens is 3. The van der Waals surface area contributed by atoms with Gasteiger partial charge in [-0.1, -0.05) is 48.2 Å². The van der Waals surface area contributed by atoms with Crippen LogP contribution in [0.15, 0.2) is 70.7 Å². The Balaban J connectivity index is 1.73. The predicted molar refractivity (Wildman–Crippen MR) is 110 cm³/mol. The molecule has 10 heteroatoms. The topological polar surface area (TPSA) is 69.8 Å². The highest BCUT2D eigenvalue weighted by atomic mass is 32.2. The second-order valence-electron chi connectivity index (χ2n) is 6.69. The summed E-state index contributed by atoms with van der Waals surface area (Å²) in [4.78, 5) is 29.2. The Labute approximate surface area is 178 Å². The van der Waals surface area contributed by atoms with Crippen LogP contribution < -0.4 is 5.56 Å². The molecule has 2 aromatic carbocycles. The second-order valence-corrected chi connectivity index (χ2v) is 7.63. The highest BCUT2D eigenvalue weighted by Gasteiger charge is 2.39. The molecule has 2 heterocycles. The number of carbonyl (C=O) groups excluding carboxylic acids is 1. The van der Waals surface area contributed by atoms with E-state index in [1.54, 1.807) is 37.4 Å². The van der Waals surface area contributed by atoms with Crippen LogP contribution in [0.5, 0.6) is 0 Å². The molecule has 0 spiro atoms. The number of para-hydroxylation sites is 1. The first-order valence-corrected chi connectivity index (χ1v) is 10.1. The molecule has 0 unspecified atom stereocenters. The summed E-state index contributed by atoms with van der Waals surface area (Å²) < 4.78 is 41.2. The zero-order chi connectivity index (χ0) is 22.2. The van der Waals surface area contributed by atoms with Gasteiger partial charge in [0.2, 0.25) is 0 Å². The van der Waals surface area contributed by atoms with E-state index in [0.717, 1.165) is 6.07 Å². The number of alkyl halides is 3. The van der Waals surface area contributed by atoms with Crippen molar-refractivity contribution >= 4 is 28.6 Å². The van der Waals surface area contributed by atoms with Gasteiger partial charge in [-0.25, -0.2) is 4.98 Å². The Kier molecular flexibility index (Phi) is 5.40. The van der Waals surface area contributed by atoms with E-state index in [9.17, 15) is 22.8 Å². The minimum atomic E-state index is -4.94. The fraction of sp³-hybridized carbons (Fsp3) is 0.143. The van der Waals surface area contributed by atoms with E-state index in [0.29, 0.717) is 27.4 Å². The van der Waals surface area contributed by atoms with Gasteiger partial charge in [-0.05, 0) is 23.8 Å². The SMILES string of the molecule is Cn1ncc2c(=O)n(-c3ccccc3)c(SCc3cccc(C(=O)C(F)(F)F)c3)nc21. The number of Topliss-reactive ketones (excluding diaryl/α,β-unsaturated/α-hetero) is 1. The fourth-order valence-electron chi connectivity index (χ4n) is 3.08. The third-order valence-electron chi connectivity index (χ3n) is 4.56. The number of hydrogen-bond donors (Lipinski definition) is 0. The Morgan fingerprint density at radius 1 is 1.10 bits per heavy atom. The highest BCUT2D eigenvalue weighted by molar-refractivity contribution is 7.98. The molecule has 0 amide bonds. The molecule has 2 aromatic heterocycles. The van der Waals surface area contributed by atoms with Crippen molar-refractivity contribution in [3.63, 3.8) is 0 Å². The lowest BCUT2D eigenvalue weighted by atomic mass is 10.1. The molecule has 0 aliphatic heterocycles. The van der Waals surface area contributed by atoms with Crippen molar-refractivity contribution in [1.29, 1.82) is 0 Å². The smallest absolute Gasteiger partial charge is 0.284 e. The molecule has 6 nitrogen and oxygen atoms in total. The van der Waals surface area contributed by atoms with E-state index in [2.05, 4.69) is 10.1 Å². The molecular weight excluding hydrogens is 429 g/mol. The average Bonchev–Trinajstić information content (AvgIpc) is 3.13. The minimum Gasteiger partial charge on any atom is -0.284 e. The zero-order valence-corrected chi connectivity index (χ0v) is 16.9. The number of rotatable bonds is 5. The summed E-state index contributed by atoms with van der Waals surface area (Å²) in [6.45, 7) is 0. The molecule has 0 radical (unpaired) electrons. The Hall–Kier alpha value is -3.40. The number of thioether (sulfide) groups is 1. The first kappa shape index (κ1) is 20.9. The van der Waals surface area contributed by atoms with Crippen molar-refractivity contribution in [3.8, 4) is 5.69 Å². The summed E-state index contributed by atoms with van der Waals surface area (Å²) in [6, 6.07) is 14.3. The number of aromatic nitrogens is 4. The van der Waals surface area contributed by atoms with E-state index in [1.807, 2.05) is 6.07 Å². The lowest BCUT2D eigenvalue weighted by Crippen LogP contribution is -2.22. The molecule has 0 saturated carbocycles. The van der Waals surface area contributed by atoms with E-state index in [4.69, 9.17) is 0 Å². The van der Waals surface area contributed by atoms with Crippen LogP contribution in [-0.4, -0.2) is 31.3 Å². The van der Waals surface area contributed by atoms with Crippen molar-refractivity contribution in [1.82, 2.24) is 19.3 Å². The number of benzene rings is 2. The molecule has 158 valence electrons. The number of aryl methyl sites for hydroxylation is 1. The Morgan fingerprint density at radius 3 is 2.55 bits per heavy atom. The Morgan fingerprint density at radius 2 is 1.84 bits per heavy atom. The van der Waals surface area contributed by atoms with E-state index >= 15 is 0 Å². The van der Waals surface area contributed by atoms with Gasteiger partial charge in [0.25, 0.3) is 11.3 Å². The molecule has 0 aliphatic rings. The number of hydrogen-bond acceptors (Lipinski definition) is 5. The van der Waals surface area contributed by atoms with E-state index in [1.165, 1.54) is 39.3 Å². The lowest BCUT2D eigenvalue weighted by molar-refractivity contribution is -0.0885. The van der Waals surface area contributed by atoms with Crippen LogP contribution in [-0.2, 0) is 12.8 Å². The highest BCUT2D eigenvalue weighted by Crippen LogP contribution is 2.26. The quantitative estimate of drug-likeness (QED) is 0.263. The van der Waals surface area contributed by atoms with Crippen LogP contribution in [0.2, 0.25) is 0 Å². The number of ketones is 1. The third kappa shape index (κ3) is 4.11. The van der Waals surface area contributed by atoms with Gasteiger partial charge in [0, 0.05) is 18.4 Å². The second kappa shape index (κ2) is 8.03. The van der Waals surface area contributed by atoms with Crippen LogP contribution in [0.3, 0.4) is 0 Å². The Bertz CT molecular complexity index is 1330. The summed E-state index contributed by atoms with van der Waals surface area (Å²) in [6.07, 6.45) is -3.49. The molecule has 4 rings (SSSR count). The molecule has 0 saturated heterocycles. The van der Waals surface area contributed by atoms with Crippen molar-refractivity contribution < 1.29 is 18.0 Å². The summed E-state index contributed by atoms with van der Waals surface area (Å²) >= 11 is 1.18. The average molecular weight is 444 g/mol. The summed E-state index contributed by atoms with van der Waals surface area (Å²) in [5.74, 6) is -1.68. The summed E-state index contributed by atoms with van der Waals surface area (Å²) in [5.41, 5.74) is 0.780. The zero-order valence-electron chi connectivity index (χ0n) is 16.1. The molecule has 0 aliphatic carbocycles. The van der Waals surface area contributed by atoms with Gasteiger partial charge in [-0.15, -0.1) is 0 Å². The maximum atomic E-state index is 13.1. The van der Waals surface area contributed by atoms with Crippen LogP contribution in [0.25, 0.3) is 16.7 Å². The fourth-order valence-corrected chi connectivity index (χ4v) is 4.02. The van der Waals surface area contributed by atoms with Crippen LogP contribution in [0.1, 0.15) is 15.9 Å². The van der Waals surface area contributed by atoms with Crippen molar-refractivity contribution in [2.24, 2.45) is 7.05 Å². The standard InChI is InChI=1S/C21H15F3N4O2S/c1-27-18-16(11-25-27)19(30)28(15-8-3-2-4-9-15)20(26-18)31-12-13-6-5-7-14(10-13)17(29)21(22,23)24/h2-11H,12H2,1H3. The normalized spacial score (nSPS) is 11.7. The van der Waals surface area contributed by atoms with Gasteiger partial charge in [-0.2, -0.15) is 18.3 Å². The van der Waals surface area contributed by atoms with Crippen molar-refractivity contribution in [2.45, 2.75) is 17.1 Å². The number of carbonyl (C=O) groups is 1. The monoisotopic (exact) mass is 444 g/mol. The van der Waals surface area contributed by atoms with Crippen LogP contribution in [0.4, 0.5) is 13.2 Å². The van der Waals surface area contributed by atoms with Gasteiger partial charge in [-0.3, -0.25) is 18.8 Å². The van der Waals surface area contributed by atoms with Gasteiger partial charge in [0.05, 0.1) is 11.9 Å². The van der Waals surface area contributed by atoms with E-state index in [-0.39, 0.29) is 11.3 Å². The number of nitrogens with zero attached hydrogens (tertiary/aromatic N) is 4. The van der Waals surface area contributed by atoms with Gasteiger partial charge >= 0.3 is 6.18 Å². The maximum absolute atomic E-state index is 13.1. The molecule has 0 N–H and O–H groups in total. The van der Waals surface area contributed by atoms with Crippen molar-refractivity contribution in [3.05, 3.63) is 82.3 Å². The number of fused-ring (bicyclic) bond motifs is 1. The van der Waals surface area contributed by atoms with Crippen molar-refractivity contribution in [2.75, 3.05) is 0 Å². The summed E-state index contributed by atoms with van der Waals surface area (Å²) in [5, 5.41) is 4.81. The van der Waals surface area contributed by atoms with Crippen LogP contribution >= 0.6 is 11.8 Å². The van der Waals surface area contributed by atoms with Gasteiger partial charge < -0.3 is 0 Å². The van der Waals surface area contributed by atoms with Crippen LogP contribution in [0, 0.1) is 0 Å². The summed E-state index contributed by atoms with van der Waals surface area (Å²) in [7, 11) is 1.67. The molecule has 4 aromatic rings. The lowest BCUT2D eigenvalue weighted by Gasteiger charge is -2.12. The van der Waals surface area contributed by atoms with Gasteiger partial charge in [0.1, 0.15) is 5.39 Å². The molecule has 0 atom stereocenters. The van der Waals surface area contributed by atoms with Gasteiger partial charge in [0.15, 0.2) is 10.8 Å². The molecule has 31 heavy (non-hydrogen) atoms. The third-order valence-corrected chi connectivity index (χ3v) is 5.57. The molecule has 0 bridgehead atoms. The molecular formula is C21H15F3N4O2S. The minimum absolute atomic E-state index is 0.210. The first-order valence-electron chi connectivity index (χ1n) is 9.09. The molecule has 0 fully saturated rings. The largest absolute Gasteiger partial charge is 0.454 e. The maximum Gasteiger partial charge on any atom is 0.454 e. The predicted octanol–water partition coefficient (Wildman–Crippen LogP) is 4.16.